The number of allylic oxidation sites excluding steroid dienone is 1. The van der Waals surface area contributed by atoms with Crippen LogP contribution in [0, 0.1) is 0 Å². The van der Waals surface area contributed by atoms with Gasteiger partial charge in [-0.3, -0.25) is 4.79 Å². The number of amides is 1. The molecule has 1 rings (SSSR count). The van der Waals surface area contributed by atoms with E-state index in [1.54, 1.807) is 4.90 Å². The van der Waals surface area contributed by atoms with Crippen LogP contribution in [-0.2, 0) is 4.79 Å². The molecule has 3 heteroatoms. The summed E-state index contributed by atoms with van der Waals surface area (Å²) in [6.45, 7) is 10.2. The van der Waals surface area contributed by atoms with Crippen LogP contribution in [0.2, 0.25) is 0 Å². The fourth-order valence-electron chi connectivity index (χ4n) is 1.92. The average Bonchev–Trinajstić information content (AvgIpc) is 2.33. The van der Waals surface area contributed by atoms with Gasteiger partial charge in [0.05, 0.1) is 12.1 Å². The molecule has 1 heterocycles. The Kier molecular flexibility index (Phi) is 3.35. The number of likely N-dealkylation sites (tertiary alicyclic amines) is 1. The lowest BCUT2D eigenvalue weighted by Crippen LogP contribution is -2.43. The van der Waals surface area contributed by atoms with E-state index in [4.69, 9.17) is 5.11 Å². The second kappa shape index (κ2) is 4.19. The molecule has 1 fully saturated rings. The van der Waals surface area contributed by atoms with Crippen LogP contribution in [0.4, 0.5) is 0 Å². The van der Waals surface area contributed by atoms with E-state index in [0.29, 0.717) is 12.1 Å². The van der Waals surface area contributed by atoms with Crippen LogP contribution in [-0.4, -0.2) is 34.6 Å². The number of hydrogen-bond acceptors (Lipinski definition) is 2. The van der Waals surface area contributed by atoms with Crippen molar-refractivity contribution in [2.24, 2.45) is 0 Å². The largest absolute Gasteiger partial charge is 0.395 e. The zero-order valence-corrected chi connectivity index (χ0v) is 9.71. The van der Waals surface area contributed by atoms with Crippen molar-refractivity contribution in [3.8, 4) is 0 Å². The van der Waals surface area contributed by atoms with Gasteiger partial charge in [-0.15, -0.1) is 0 Å². The number of nitrogens with zero attached hydrogens (tertiary/aromatic N) is 1. The first kappa shape index (κ1) is 12.0. The van der Waals surface area contributed by atoms with Crippen LogP contribution in [0.3, 0.4) is 0 Å². The predicted molar refractivity (Wildman–Crippen MR) is 60.4 cm³/mol. The van der Waals surface area contributed by atoms with Crippen molar-refractivity contribution in [1.29, 1.82) is 0 Å². The Balaban J connectivity index is 3.08. The Morgan fingerprint density at radius 3 is 2.60 bits per heavy atom. The molecule has 1 saturated heterocycles. The van der Waals surface area contributed by atoms with Crippen molar-refractivity contribution in [3.05, 3.63) is 23.8 Å². The molecular weight excluding hydrogens is 190 g/mol. The van der Waals surface area contributed by atoms with E-state index in [-0.39, 0.29) is 18.1 Å². The van der Waals surface area contributed by atoms with Gasteiger partial charge in [0, 0.05) is 12.1 Å². The van der Waals surface area contributed by atoms with Gasteiger partial charge in [0.2, 0.25) is 0 Å². The Labute approximate surface area is 91.1 Å². The first-order valence-electron chi connectivity index (χ1n) is 5.29. The molecule has 0 aromatic carbocycles. The maximum Gasteiger partial charge on any atom is 0.254 e. The van der Waals surface area contributed by atoms with Gasteiger partial charge in [-0.1, -0.05) is 19.6 Å². The summed E-state index contributed by atoms with van der Waals surface area (Å²) in [4.78, 5) is 13.7. The first-order chi connectivity index (χ1) is 6.96. The predicted octanol–water partition coefficient (Wildman–Crippen LogP) is 1.49. The summed E-state index contributed by atoms with van der Waals surface area (Å²) in [5.74, 6) is -0.0131. The second-order valence-electron chi connectivity index (χ2n) is 4.24. The van der Waals surface area contributed by atoms with Crippen molar-refractivity contribution in [2.75, 3.05) is 13.2 Å². The number of rotatable bonds is 3. The summed E-state index contributed by atoms with van der Waals surface area (Å²) in [7, 11) is 0. The van der Waals surface area contributed by atoms with Gasteiger partial charge in [-0.25, -0.2) is 0 Å². The summed E-state index contributed by atoms with van der Waals surface area (Å²) >= 11 is 0. The maximum atomic E-state index is 12.0. The molecule has 1 N–H and O–H groups in total. The minimum Gasteiger partial charge on any atom is -0.395 e. The number of carbonyl (C=O) groups is 1. The van der Waals surface area contributed by atoms with Gasteiger partial charge < -0.3 is 10.0 Å². The van der Waals surface area contributed by atoms with Crippen LogP contribution < -0.4 is 0 Å². The molecule has 1 aliphatic heterocycles. The standard InChI is InChI=1S/C12H19NO2/c1-5-6-10-9(2)12(3,4)13(7-8-14)11(10)15/h6,14H,2,5,7-8H2,1,3-4H3/b10-6+. The molecule has 3 nitrogen and oxygen atoms in total. The Hall–Kier alpha value is -1.09. The van der Waals surface area contributed by atoms with Crippen LogP contribution in [0.5, 0.6) is 0 Å². The number of aliphatic hydroxyl groups excluding tert-OH is 1. The highest BCUT2D eigenvalue weighted by Crippen LogP contribution is 2.37. The summed E-state index contributed by atoms with van der Waals surface area (Å²) in [5.41, 5.74) is 1.18. The third-order valence-corrected chi connectivity index (χ3v) is 2.95. The SMILES string of the molecule is C=C1/C(=C\CC)C(=O)N(CCO)C1(C)C. The molecule has 0 bridgehead atoms. The van der Waals surface area contributed by atoms with Crippen molar-refractivity contribution in [3.63, 3.8) is 0 Å². The Morgan fingerprint density at radius 1 is 1.53 bits per heavy atom. The fraction of sp³-hybridized carbons (Fsp3) is 0.583. The van der Waals surface area contributed by atoms with E-state index < -0.39 is 0 Å². The second-order valence-corrected chi connectivity index (χ2v) is 4.24. The van der Waals surface area contributed by atoms with E-state index in [2.05, 4.69) is 6.58 Å². The highest BCUT2D eigenvalue weighted by Gasteiger charge is 2.43. The molecular formula is C12H19NO2. The molecule has 1 aliphatic rings. The average molecular weight is 209 g/mol. The molecule has 0 spiro atoms. The summed E-state index contributed by atoms with van der Waals surface area (Å²) in [5, 5.41) is 8.94. The van der Waals surface area contributed by atoms with E-state index in [1.807, 2.05) is 26.8 Å². The van der Waals surface area contributed by atoms with E-state index >= 15 is 0 Å². The maximum absolute atomic E-state index is 12.0. The van der Waals surface area contributed by atoms with E-state index in [9.17, 15) is 4.79 Å². The summed E-state index contributed by atoms with van der Waals surface area (Å²) in [6.07, 6.45) is 2.73. The molecule has 15 heavy (non-hydrogen) atoms. The van der Waals surface area contributed by atoms with Crippen molar-refractivity contribution in [2.45, 2.75) is 32.7 Å². The molecule has 0 unspecified atom stereocenters. The van der Waals surface area contributed by atoms with Gasteiger partial charge >= 0.3 is 0 Å². The smallest absolute Gasteiger partial charge is 0.254 e. The molecule has 0 atom stereocenters. The van der Waals surface area contributed by atoms with Gasteiger partial charge in [-0.05, 0) is 25.8 Å². The highest BCUT2D eigenvalue weighted by atomic mass is 16.3. The molecule has 84 valence electrons. The number of β-amino-alcohol motifs (C(OH)–C–C–N with tert-alkyl or cyclic N) is 1. The zero-order chi connectivity index (χ0) is 11.6. The lowest BCUT2D eigenvalue weighted by Gasteiger charge is -2.31. The summed E-state index contributed by atoms with van der Waals surface area (Å²) < 4.78 is 0. The minimum atomic E-state index is -0.374. The van der Waals surface area contributed by atoms with Gasteiger partial charge in [0.15, 0.2) is 0 Å². The molecule has 0 aromatic rings. The molecule has 0 aromatic heterocycles. The number of carbonyl (C=O) groups excluding carboxylic acids is 1. The zero-order valence-electron chi connectivity index (χ0n) is 9.71. The quantitative estimate of drug-likeness (QED) is 0.715. The highest BCUT2D eigenvalue weighted by molar-refractivity contribution is 6.02. The van der Waals surface area contributed by atoms with Crippen molar-refractivity contribution in [1.82, 2.24) is 4.90 Å². The first-order valence-corrected chi connectivity index (χ1v) is 5.29. The van der Waals surface area contributed by atoms with Crippen LogP contribution in [0.25, 0.3) is 0 Å². The van der Waals surface area contributed by atoms with Crippen LogP contribution >= 0.6 is 0 Å². The molecule has 0 saturated carbocycles. The van der Waals surface area contributed by atoms with Crippen molar-refractivity contribution < 1.29 is 9.90 Å². The lowest BCUT2D eigenvalue weighted by molar-refractivity contribution is -0.128. The fourth-order valence-corrected chi connectivity index (χ4v) is 1.92. The monoisotopic (exact) mass is 209 g/mol. The van der Waals surface area contributed by atoms with E-state index in [0.717, 1.165) is 12.0 Å². The molecule has 0 aliphatic carbocycles. The van der Waals surface area contributed by atoms with Crippen molar-refractivity contribution >= 4 is 5.91 Å². The Morgan fingerprint density at radius 2 is 2.13 bits per heavy atom. The minimum absolute atomic E-state index is 0.0120. The van der Waals surface area contributed by atoms with Crippen LogP contribution in [0.15, 0.2) is 23.8 Å². The topological polar surface area (TPSA) is 40.5 Å². The lowest BCUT2D eigenvalue weighted by atomic mass is 9.93. The molecule has 1 amide bonds. The van der Waals surface area contributed by atoms with Gasteiger partial charge in [0.25, 0.3) is 5.91 Å². The van der Waals surface area contributed by atoms with Gasteiger partial charge in [0.1, 0.15) is 0 Å². The third kappa shape index (κ3) is 1.84. The van der Waals surface area contributed by atoms with Gasteiger partial charge in [-0.2, -0.15) is 0 Å². The number of aliphatic hydroxyl groups is 1. The molecule has 0 radical (unpaired) electrons. The van der Waals surface area contributed by atoms with Crippen LogP contribution in [0.1, 0.15) is 27.2 Å². The summed E-state index contributed by atoms with van der Waals surface area (Å²) in [6, 6.07) is 0. The Bertz CT molecular complexity index is 316. The number of hydrogen-bond donors (Lipinski definition) is 1. The third-order valence-electron chi connectivity index (χ3n) is 2.95. The normalized spacial score (nSPS) is 22.9. The van der Waals surface area contributed by atoms with E-state index in [1.165, 1.54) is 0 Å².